The Bertz CT molecular complexity index is 512. The number of nitrogens with zero attached hydrogens (tertiary/aromatic N) is 2. The molecule has 1 aliphatic heterocycles. The number of rotatable bonds is 4. The monoisotopic (exact) mass is 312 g/mol. The summed E-state index contributed by atoms with van der Waals surface area (Å²) in [5, 5.41) is 0. The van der Waals surface area contributed by atoms with E-state index in [1.165, 1.54) is 24.8 Å². The molecule has 2 fully saturated rings. The highest BCUT2D eigenvalue weighted by Crippen LogP contribution is 2.25. The van der Waals surface area contributed by atoms with E-state index in [0.717, 1.165) is 45.6 Å². The van der Waals surface area contributed by atoms with Gasteiger partial charge in [0, 0.05) is 38.6 Å². The lowest BCUT2D eigenvalue weighted by Crippen LogP contribution is -2.50. The van der Waals surface area contributed by atoms with E-state index in [2.05, 4.69) is 46.2 Å². The Morgan fingerprint density at radius 1 is 1.00 bits per heavy atom. The van der Waals surface area contributed by atoms with Crippen molar-refractivity contribution in [3.63, 3.8) is 0 Å². The van der Waals surface area contributed by atoms with E-state index in [1.807, 2.05) is 6.07 Å². The fraction of sp³-hybridized carbons (Fsp3) is 0.550. The Morgan fingerprint density at radius 3 is 2.39 bits per heavy atom. The molecule has 0 N–H and O–H groups in total. The van der Waals surface area contributed by atoms with E-state index in [4.69, 9.17) is 0 Å². The smallest absolute Gasteiger partial charge is 0.225 e. The molecular formula is C20H28N2O. The molecule has 124 valence electrons. The molecule has 1 saturated carbocycles. The van der Waals surface area contributed by atoms with E-state index >= 15 is 0 Å². The minimum Gasteiger partial charge on any atom is -0.340 e. The van der Waals surface area contributed by atoms with Crippen LogP contribution in [0.2, 0.25) is 0 Å². The van der Waals surface area contributed by atoms with Gasteiger partial charge in [-0.15, -0.1) is 0 Å². The lowest BCUT2D eigenvalue weighted by Gasteiger charge is -2.36. The van der Waals surface area contributed by atoms with E-state index in [9.17, 15) is 4.79 Å². The fourth-order valence-electron chi connectivity index (χ4n) is 3.66. The highest BCUT2D eigenvalue weighted by atomic mass is 16.2. The summed E-state index contributed by atoms with van der Waals surface area (Å²) in [7, 11) is 0. The number of benzene rings is 1. The number of piperazine rings is 1. The number of carbonyl (C=O) groups excluding carboxylic acids is 1. The predicted octanol–water partition coefficient (Wildman–Crippen LogP) is 3.42. The van der Waals surface area contributed by atoms with Crippen LogP contribution in [0.25, 0.3) is 6.08 Å². The van der Waals surface area contributed by atoms with Crippen LogP contribution in [0.15, 0.2) is 36.4 Å². The Labute approximate surface area is 140 Å². The normalized spacial score (nSPS) is 21.0. The third kappa shape index (κ3) is 4.68. The highest BCUT2D eigenvalue weighted by Gasteiger charge is 2.27. The summed E-state index contributed by atoms with van der Waals surface area (Å²) in [4.78, 5) is 17.1. The molecule has 1 amide bonds. The zero-order valence-corrected chi connectivity index (χ0v) is 14.0. The van der Waals surface area contributed by atoms with Crippen molar-refractivity contribution in [3.05, 3.63) is 42.0 Å². The van der Waals surface area contributed by atoms with Crippen LogP contribution < -0.4 is 0 Å². The molecule has 2 aliphatic rings. The maximum Gasteiger partial charge on any atom is 0.225 e. The van der Waals surface area contributed by atoms with Crippen LogP contribution in [0.1, 0.15) is 37.7 Å². The summed E-state index contributed by atoms with van der Waals surface area (Å²) in [6.07, 6.45) is 10.4. The van der Waals surface area contributed by atoms with E-state index < -0.39 is 0 Å². The van der Waals surface area contributed by atoms with Gasteiger partial charge in [-0.25, -0.2) is 0 Å². The first-order chi connectivity index (χ1) is 11.3. The van der Waals surface area contributed by atoms with Gasteiger partial charge in [0.1, 0.15) is 0 Å². The maximum absolute atomic E-state index is 12.6. The van der Waals surface area contributed by atoms with Crippen molar-refractivity contribution in [1.29, 1.82) is 0 Å². The Balaban J connectivity index is 1.41. The second-order valence-corrected chi connectivity index (χ2v) is 6.77. The SMILES string of the molecule is O=C(C1CCCCC1)N1CCN(C/C=C/c2ccccc2)CC1. The second kappa shape index (κ2) is 8.30. The standard InChI is InChI=1S/C20H28N2O/c23-20(19-11-5-2-6-12-19)22-16-14-21(15-17-22)13-7-10-18-8-3-1-4-9-18/h1,3-4,7-10,19H,2,5-6,11-17H2/b10-7+. The van der Waals surface area contributed by atoms with Gasteiger partial charge in [0.05, 0.1) is 0 Å². The van der Waals surface area contributed by atoms with Gasteiger partial charge in [0.2, 0.25) is 5.91 Å². The topological polar surface area (TPSA) is 23.6 Å². The molecule has 0 unspecified atom stereocenters. The molecule has 23 heavy (non-hydrogen) atoms. The predicted molar refractivity (Wildman–Crippen MR) is 95.1 cm³/mol. The number of amides is 1. The number of carbonyl (C=O) groups is 1. The zero-order valence-electron chi connectivity index (χ0n) is 14.0. The molecular weight excluding hydrogens is 284 g/mol. The number of hydrogen-bond acceptors (Lipinski definition) is 2. The molecule has 3 heteroatoms. The molecule has 0 atom stereocenters. The molecule has 1 heterocycles. The van der Waals surface area contributed by atoms with Crippen LogP contribution >= 0.6 is 0 Å². The number of hydrogen-bond donors (Lipinski definition) is 0. The molecule has 1 saturated heterocycles. The molecule has 0 bridgehead atoms. The third-order valence-corrected chi connectivity index (χ3v) is 5.11. The highest BCUT2D eigenvalue weighted by molar-refractivity contribution is 5.79. The van der Waals surface area contributed by atoms with Gasteiger partial charge in [-0.3, -0.25) is 9.69 Å². The zero-order chi connectivity index (χ0) is 15.9. The van der Waals surface area contributed by atoms with Crippen molar-refractivity contribution < 1.29 is 4.79 Å². The molecule has 1 aromatic rings. The quantitative estimate of drug-likeness (QED) is 0.850. The average Bonchev–Trinajstić information content (AvgIpc) is 2.63. The van der Waals surface area contributed by atoms with Crippen LogP contribution in [0.3, 0.4) is 0 Å². The van der Waals surface area contributed by atoms with Gasteiger partial charge in [0.15, 0.2) is 0 Å². The summed E-state index contributed by atoms with van der Waals surface area (Å²) in [5.41, 5.74) is 1.25. The van der Waals surface area contributed by atoms with Crippen molar-refractivity contribution in [2.45, 2.75) is 32.1 Å². The molecule has 1 aliphatic carbocycles. The average molecular weight is 312 g/mol. The van der Waals surface area contributed by atoms with Gasteiger partial charge in [-0.1, -0.05) is 61.7 Å². The summed E-state index contributed by atoms with van der Waals surface area (Å²) in [6.45, 7) is 4.76. The lowest BCUT2D eigenvalue weighted by molar-refractivity contribution is -0.138. The molecule has 3 nitrogen and oxygen atoms in total. The van der Waals surface area contributed by atoms with Crippen LogP contribution in [0.5, 0.6) is 0 Å². The van der Waals surface area contributed by atoms with E-state index in [0.29, 0.717) is 11.8 Å². The van der Waals surface area contributed by atoms with Crippen LogP contribution in [-0.2, 0) is 4.79 Å². The molecule has 3 rings (SSSR count). The molecule has 1 aromatic carbocycles. The van der Waals surface area contributed by atoms with E-state index in [-0.39, 0.29) is 0 Å². The molecule has 0 aromatic heterocycles. The van der Waals surface area contributed by atoms with E-state index in [1.54, 1.807) is 0 Å². The van der Waals surface area contributed by atoms with Crippen LogP contribution in [-0.4, -0.2) is 48.4 Å². The third-order valence-electron chi connectivity index (χ3n) is 5.11. The minimum absolute atomic E-state index is 0.313. The summed E-state index contributed by atoms with van der Waals surface area (Å²) < 4.78 is 0. The van der Waals surface area contributed by atoms with Gasteiger partial charge in [0.25, 0.3) is 0 Å². The summed E-state index contributed by atoms with van der Waals surface area (Å²) in [5.74, 6) is 0.734. The summed E-state index contributed by atoms with van der Waals surface area (Å²) >= 11 is 0. The van der Waals surface area contributed by atoms with Crippen molar-refractivity contribution in [2.24, 2.45) is 5.92 Å². The van der Waals surface area contributed by atoms with Gasteiger partial charge < -0.3 is 4.90 Å². The summed E-state index contributed by atoms with van der Waals surface area (Å²) in [6, 6.07) is 10.4. The first kappa shape index (κ1) is 16.3. The van der Waals surface area contributed by atoms with Crippen molar-refractivity contribution in [2.75, 3.05) is 32.7 Å². The first-order valence-electron chi connectivity index (χ1n) is 9.05. The molecule has 0 radical (unpaired) electrons. The van der Waals surface area contributed by atoms with Gasteiger partial charge in [-0.05, 0) is 18.4 Å². The van der Waals surface area contributed by atoms with Gasteiger partial charge >= 0.3 is 0 Å². The largest absolute Gasteiger partial charge is 0.340 e. The fourth-order valence-corrected chi connectivity index (χ4v) is 3.66. The first-order valence-corrected chi connectivity index (χ1v) is 9.05. The Kier molecular flexibility index (Phi) is 5.87. The van der Waals surface area contributed by atoms with Crippen LogP contribution in [0, 0.1) is 5.92 Å². The van der Waals surface area contributed by atoms with Crippen molar-refractivity contribution in [3.8, 4) is 0 Å². The Hall–Kier alpha value is -1.61. The van der Waals surface area contributed by atoms with Crippen molar-refractivity contribution >= 4 is 12.0 Å². The lowest BCUT2D eigenvalue weighted by atomic mass is 9.88. The van der Waals surface area contributed by atoms with Gasteiger partial charge in [-0.2, -0.15) is 0 Å². The second-order valence-electron chi connectivity index (χ2n) is 6.77. The maximum atomic E-state index is 12.6. The van der Waals surface area contributed by atoms with Crippen molar-refractivity contribution in [1.82, 2.24) is 9.80 Å². The van der Waals surface area contributed by atoms with Crippen LogP contribution in [0.4, 0.5) is 0 Å². The molecule has 0 spiro atoms. The minimum atomic E-state index is 0.313. The Morgan fingerprint density at radius 2 is 1.70 bits per heavy atom.